The largest absolute Gasteiger partial charge is 0.494 e. The molecule has 1 rings (SSSR count). The number of carbonyl (C=O) groups excluding carboxylic acids is 1. The van der Waals surface area contributed by atoms with Crippen molar-refractivity contribution in [1.29, 1.82) is 5.26 Å². The molecule has 1 aromatic rings. The summed E-state index contributed by atoms with van der Waals surface area (Å²) in [6, 6.07) is 3.74. The van der Waals surface area contributed by atoms with Crippen LogP contribution >= 0.6 is 0 Å². The van der Waals surface area contributed by atoms with E-state index in [1.54, 1.807) is 13.0 Å². The fraction of sp³-hybridized carbons (Fsp3) is 0.273. The zero-order valence-electron chi connectivity index (χ0n) is 8.91. The van der Waals surface area contributed by atoms with Gasteiger partial charge in [-0.15, -0.1) is 0 Å². The maximum absolute atomic E-state index is 13.1. The first-order valence-electron chi connectivity index (χ1n) is 4.58. The third kappa shape index (κ3) is 2.28. The van der Waals surface area contributed by atoms with Gasteiger partial charge in [-0.25, -0.2) is 9.18 Å². The number of nitriles is 1. The number of esters is 1. The Labute approximate surface area is 92.2 Å². The lowest BCUT2D eigenvalue weighted by Crippen LogP contribution is -2.08. The van der Waals surface area contributed by atoms with Gasteiger partial charge in [-0.3, -0.25) is 0 Å². The lowest BCUT2D eigenvalue weighted by Gasteiger charge is -2.09. The summed E-state index contributed by atoms with van der Waals surface area (Å²) < 4.78 is 22.7. The number of carbonyl (C=O) groups is 1. The molecule has 0 spiro atoms. The van der Waals surface area contributed by atoms with Crippen LogP contribution in [0.25, 0.3) is 0 Å². The van der Waals surface area contributed by atoms with Crippen molar-refractivity contribution in [3.8, 4) is 11.8 Å². The van der Waals surface area contributed by atoms with Gasteiger partial charge in [0.1, 0.15) is 17.4 Å². The Hall–Kier alpha value is -2.09. The molecule has 0 aliphatic rings. The summed E-state index contributed by atoms with van der Waals surface area (Å²) in [4.78, 5) is 11.5. The van der Waals surface area contributed by atoms with Crippen molar-refractivity contribution >= 4 is 5.97 Å². The van der Waals surface area contributed by atoms with Gasteiger partial charge in [0.2, 0.25) is 0 Å². The fourth-order valence-electron chi connectivity index (χ4n) is 1.26. The normalized spacial score (nSPS) is 9.38. The minimum Gasteiger partial charge on any atom is -0.494 e. The zero-order valence-corrected chi connectivity index (χ0v) is 8.91. The second-order valence-electron chi connectivity index (χ2n) is 2.87. The number of hydrogen-bond donors (Lipinski definition) is 0. The van der Waals surface area contributed by atoms with E-state index in [0.29, 0.717) is 0 Å². The van der Waals surface area contributed by atoms with Crippen molar-refractivity contribution in [1.82, 2.24) is 0 Å². The van der Waals surface area contributed by atoms with Crippen molar-refractivity contribution in [3.05, 3.63) is 29.1 Å². The number of benzene rings is 1. The van der Waals surface area contributed by atoms with E-state index in [2.05, 4.69) is 0 Å². The number of hydrogen-bond acceptors (Lipinski definition) is 4. The van der Waals surface area contributed by atoms with Crippen LogP contribution in [0.3, 0.4) is 0 Å². The van der Waals surface area contributed by atoms with Crippen molar-refractivity contribution in [3.63, 3.8) is 0 Å². The molecule has 0 heterocycles. The molecule has 5 heteroatoms. The zero-order chi connectivity index (χ0) is 12.1. The summed E-state index contributed by atoms with van der Waals surface area (Å²) in [6.07, 6.45) is 0. The van der Waals surface area contributed by atoms with Crippen LogP contribution in [0.2, 0.25) is 0 Å². The van der Waals surface area contributed by atoms with E-state index in [0.717, 1.165) is 12.1 Å². The smallest absolute Gasteiger partial charge is 0.342 e. The summed E-state index contributed by atoms with van der Waals surface area (Å²) in [7, 11) is 1.30. The minimum atomic E-state index is -0.713. The standard InChI is InChI=1S/C11H10FNO3/c1-3-16-11(14)9-5-8(12)4-7(6-13)10(9)15-2/h4-5H,3H2,1-2H3. The van der Waals surface area contributed by atoms with Crippen LogP contribution in [0.5, 0.6) is 5.75 Å². The lowest BCUT2D eigenvalue weighted by atomic mass is 10.1. The molecule has 0 radical (unpaired) electrons. The van der Waals surface area contributed by atoms with Gasteiger partial charge >= 0.3 is 5.97 Å². The molecule has 0 saturated heterocycles. The van der Waals surface area contributed by atoms with Crippen LogP contribution in [-0.4, -0.2) is 19.7 Å². The van der Waals surface area contributed by atoms with Crippen LogP contribution in [0.4, 0.5) is 4.39 Å². The molecule has 0 fully saturated rings. The molecular formula is C11H10FNO3. The Balaban J connectivity index is 3.32. The van der Waals surface area contributed by atoms with Crippen LogP contribution < -0.4 is 4.74 Å². The maximum atomic E-state index is 13.1. The molecule has 0 unspecified atom stereocenters. The quantitative estimate of drug-likeness (QED) is 0.734. The molecule has 0 aromatic heterocycles. The average Bonchev–Trinajstić information content (AvgIpc) is 2.28. The Kier molecular flexibility index (Phi) is 3.84. The van der Waals surface area contributed by atoms with E-state index in [1.165, 1.54) is 7.11 Å². The van der Waals surface area contributed by atoms with Crippen molar-refractivity contribution in [2.24, 2.45) is 0 Å². The third-order valence-corrected chi connectivity index (χ3v) is 1.87. The summed E-state index contributed by atoms with van der Waals surface area (Å²) in [5.74, 6) is -1.36. The Bertz CT molecular complexity index is 451. The van der Waals surface area contributed by atoms with Crippen molar-refractivity contribution in [2.75, 3.05) is 13.7 Å². The minimum absolute atomic E-state index is 0.0300. The molecule has 1 aromatic carbocycles. The Morgan fingerprint density at radius 1 is 1.56 bits per heavy atom. The van der Waals surface area contributed by atoms with Crippen LogP contribution in [0.15, 0.2) is 12.1 Å². The summed E-state index contributed by atoms with van der Waals surface area (Å²) in [5, 5.41) is 8.76. The summed E-state index contributed by atoms with van der Waals surface area (Å²) in [5.41, 5.74) is -0.119. The van der Waals surface area contributed by atoms with Gasteiger partial charge in [-0.1, -0.05) is 0 Å². The monoisotopic (exact) mass is 223 g/mol. The Morgan fingerprint density at radius 3 is 2.75 bits per heavy atom. The number of halogens is 1. The second-order valence-corrected chi connectivity index (χ2v) is 2.87. The van der Waals surface area contributed by atoms with E-state index < -0.39 is 11.8 Å². The summed E-state index contributed by atoms with van der Waals surface area (Å²) >= 11 is 0. The molecule has 0 saturated carbocycles. The highest BCUT2D eigenvalue weighted by atomic mass is 19.1. The van der Waals surface area contributed by atoms with Gasteiger partial charge in [-0.05, 0) is 19.1 Å². The van der Waals surface area contributed by atoms with Crippen molar-refractivity contribution in [2.45, 2.75) is 6.92 Å². The first-order chi connectivity index (χ1) is 7.63. The SMILES string of the molecule is CCOC(=O)c1cc(F)cc(C#N)c1OC. The fourth-order valence-corrected chi connectivity index (χ4v) is 1.26. The first kappa shape index (κ1) is 12.0. The van der Waals surface area contributed by atoms with E-state index in [1.807, 2.05) is 0 Å². The predicted octanol–water partition coefficient (Wildman–Crippen LogP) is 1.88. The number of nitrogens with zero attached hydrogens (tertiary/aromatic N) is 1. The van der Waals surface area contributed by atoms with Gasteiger partial charge in [0.05, 0.1) is 19.3 Å². The number of rotatable bonds is 3. The Morgan fingerprint density at radius 2 is 2.25 bits per heavy atom. The van der Waals surface area contributed by atoms with Gasteiger partial charge in [-0.2, -0.15) is 5.26 Å². The van der Waals surface area contributed by atoms with E-state index in [-0.39, 0.29) is 23.5 Å². The maximum Gasteiger partial charge on any atom is 0.342 e. The average molecular weight is 223 g/mol. The molecule has 0 N–H and O–H groups in total. The molecule has 0 amide bonds. The van der Waals surface area contributed by atoms with Crippen LogP contribution in [0.1, 0.15) is 22.8 Å². The molecule has 0 aliphatic carbocycles. The highest BCUT2D eigenvalue weighted by Crippen LogP contribution is 2.25. The van der Waals surface area contributed by atoms with Gasteiger partial charge in [0.25, 0.3) is 0 Å². The molecular weight excluding hydrogens is 213 g/mol. The van der Waals surface area contributed by atoms with Crippen LogP contribution in [-0.2, 0) is 4.74 Å². The third-order valence-electron chi connectivity index (χ3n) is 1.87. The highest BCUT2D eigenvalue weighted by molar-refractivity contribution is 5.93. The molecule has 84 valence electrons. The van der Waals surface area contributed by atoms with Gasteiger partial charge in [0, 0.05) is 0 Å². The number of ether oxygens (including phenoxy) is 2. The van der Waals surface area contributed by atoms with E-state index in [4.69, 9.17) is 14.7 Å². The molecule has 4 nitrogen and oxygen atoms in total. The van der Waals surface area contributed by atoms with Crippen LogP contribution in [0, 0.1) is 17.1 Å². The van der Waals surface area contributed by atoms with Gasteiger partial charge < -0.3 is 9.47 Å². The predicted molar refractivity (Wildman–Crippen MR) is 53.6 cm³/mol. The van der Waals surface area contributed by atoms with Crippen molar-refractivity contribution < 1.29 is 18.7 Å². The topological polar surface area (TPSA) is 59.3 Å². The first-order valence-corrected chi connectivity index (χ1v) is 4.58. The summed E-state index contributed by atoms with van der Waals surface area (Å²) in [6.45, 7) is 1.80. The molecule has 0 aliphatic heterocycles. The van der Waals surface area contributed by atoms with E-state index >= 15 is 0 Å². The number of methoxy groups -OCH3 is 1. The molecule has 0 bridgehead atoms. The second kappa shape index (κ2) is 5.12. The lowest BCUT2D eigenvalue weighted by molar-refractivity contribution is 0.0522. The molecule has 0 atom stereocenters. The highest BCUT2D eigenvalue weighted by Gasteiger charge is 2.18. The van der Waals surface area contributed by atoms with E-state index in [9.17, 15) is 9.18 Å². The molecule has 16 heavy (non-hydrogen) atoms. The van der Waals surface area contributed by atoms with Gasteiger partial charge in [0.15, 0.2) is 5.75 Å².